The molecule has 2 heterocycles. The molecule has 1 aromatic heterocycles. The van der Waals surface area contributed by atoms with Crippen LogP contribution in [0.25, 0.3) is 0 Å². The molecule has 0 aliphatic carbocycles. The van der Waals surface area contributed by atoms with Gasteiger partial charge in [-0.3, -0.25) is 0 Å². The highest BCUT2D eigenvalue weighted by atomic mass is 32.2. The summed E-state index contributed by atoms with van der Waals surface area (Å²) in [5.74, 6) is 2.58. The summed E-state index contributed by atoms with van der Waals surface area (Å²) < 4.78 is 5.27. The monoisotopic (exact) mass is 241 g/mol. The van der Waals surface area contributed by atoms with Gasteiger partial charge >= 0.3 is 0 Å². The molecule has 1 aromatic rings. The smallest absolute Gasteiger partial charge is 0.244 e. The summed E-state index contributed by atoms with van der Waals surface area (Å²) in [7, 11) is 0. The van der Waals surface area contributed by atoms with Crippen LogP contribution in [0.5, 0.6) is 0 Å². The SMILES string of the molecule is CC(C)(C)C(N)c1nc(C2CCCS2)no1. The Morgan fingerprint density at radius 2 is 2.25 bits per heavy atom. The van der Waals surface area contributed by atoms with Crippen molar-refractivity contribution in [2.45, 2.75) is 44.9 Å². The second kappa shape index (κ2) is 4.37. The lowest BCUT2D eigenvalue weighted by molar-refractivity contribution is 0.252. The number of rotatable bonds is 2. The minimum atomic E-state index is -0.194. The van der Waals surface area contributed by atoms with Gasteiger partial charge in [-0.1, -0.05) is 25.9 Å². The van der Waals surface area contributed by atoms with Crippen molar-refractivity contribution in [2.24, 2.45) is 11.1 Å². The summed E-state index contributed by atoms with van der Waals surface area (Å²) in [4.78, 5) is 4.44. The van der Waals surface area contributed by atoms with Gasteiger partial charge in [0.05, 0.1) is 11.3 Å². The van der Waals surface area contributed by atoms with Crippen molar-refractivity contribution in [1.82, 2.24) is 10.1 Å². The number of aromatic nitrogens is 2. The van der Waals surface area contributed by atoms with E-state index in [0.29, 0.717) is 11.1 Å². The molecule has 1 aliphatic rings. The van der Waals surface area contributed by atoms with Gasteiger partial charge in [0, 0.05) is 0 Å². The van der Waals surface area contributed by atoms with Gasteiger partial charge in [-0.2, -0.15) is 16.7 Å². The van der Waals surface area contributed by atoms with Crippen molar-refractivity contribution in [2.75, 3.05) is 5.75 Å². The van der Waals surface area contributed by atoms with E-state index in [1.807, 2.05) is 11.8 Å². The van der Waals surface area contributed by atoms with E-state index in [4.69, 9.17) is 10.3 Å². The Labute approximate surface area is 100 Å². The number of nitrogens with two attached hydrogens (primary N) is 1. The molecule has 0 bridgehead atoms. The van der Waals surface area contributed by atoms with E-state index >= 15 is 0 Å². The Morgan fingerprint density at radius 3 is 2.81 bits per heavy atom. The highest BCUT2D eigenvalue weighted by molar-refractivity contribution is 7.99. The zero-order valence-electron chi connectivity index (χ0n) is 10.1. The predicted molar refractivity (Wildman–Crippen MR) is 65.1 cm³/mol. The van der Waals surface area contributed by atoms with E-state index < -0.39 is 0 Å². The van der Waals surface area contributed by atoms with Crippen LogP contribution in [0.2, 0.25) is 0 Å². The maximum atomic E-state index is 6.08. The molecule has 0 spiro atoms. The maximum absolute atomic E-state index is 6.08. The Bertz CT molecular complexity index is 352. The molecular weight excluding hydrogens is 222 g/mol. The summed E-state index contributed by atoms with van der Waals surface area (Å²) in [5.41, 5.74) is 6.03. The largest absolute Gasteiger partial charge is 0.338 e. The Kier molecular flexibility index (Phi) is 3.26. The predicted octanol–water partition coefficient (Wildman–Crippen LogP) is 2.68. The Balaban J connectivity index is 2.12. The van der Waals surface area contributed by atoms with Crippen molar-refractivity contribution < 1.29 is 4.52 Å². The third-order valence-corrected chi connectivity index (χ3v) is 4.25. The summed E-state index contributed by atoms with van der Waals surface area (Å²) in [6, 6.07) is -0.194. The second-order valence-corrected chi connectivity index (χ2v) is 6.65. The first-order valence-electron chi connectivity index (χ1n) is 5.69. The van der Waals surface area contributed by atoms with Gasteiger partial charge in [-0.05, 0) is 24.0 Å². The molecule has 2 N–H and O–H groups in total. The van der Waals surface area contributed by atoms with Gasteiger partial charge in [0.15, 0.2) is 5.82 Å². The van der Waals surface area contributed by atoms with Crippen LogP contribution in [0.1, 0.15) is 56.6 Å². The molecule has 2 rings (SSSR count). The number of hydrogen-bond acceptors (Lipinski definition) is 5. The summed E-state index contributed by atoms with van der Waals surface area (Å²) >= 11 is 1.90. The quantitative estimate of drug-likeness (QED) is 0.862. The van der Waals surface area contributed by atoms with Gasteiger partial charge < -0.3 is 10.3 Å². The zero-order valence-corrected chi connectivity index (χ0v) is 10.9. The normalized spacial score (nSPS) is 23.6. The molecular formula is C11H19N3OS. The number of nitrogens with zero attached hydrogens (tertiary/aromatic N) is 2. The average Bonchev–Trinajstić information content (AvgIpc) is 2.85. The van der Waals surface area contributed by atoms with Gasteiger partial charge in [0.1, 0.15) is 0 Å². The fraction of sp³-hybridized carbons (Fsp3) is 0.818. The van der Waals surface area contributed by atoms with Crippen molar-refractivity contribution in [1.29, 1.82) is 0 Å². The summed E-state index contributed by atoms with van der Waals surface area (Å²) in [6.07, 6.45) is 2.39. The van der Waals surface area contributed by atoms with Crippen molar-refractivity contribution in [3.05, 3.63) is 11.7 Å². The number of hydrogen-bond donors (Lipinski definition) is 1. The third kappa shape index (κ3) is 2.40. The fourth-order valence-corrected chi connectivity index (χ4v) is 2.85. The van der Waals surface area contributed by atoms with Crippen LogP contribution < -0.4 is 5.73 Å². The first-order valence-corrected chi connectivity index (χ1v) is 6.74. The van der Waals surface area contributed by atoms with Gasteiger partial charge in [0.25, 0.3) is 0 Å². The van der Waals surface area contributed by atoms with Crippen molar-refractivity contribution in [3.63, 3.8) is 0 Å². The van der Waals surface area contributed by atoms with Crippen LogP contribution in [-0.4, -0.2) is 15.9 Å². The first-order chi connectivity index (χ1) is 7.48. The van der Waals surface area contributed by atoms with Gasteiger partial charge in [-0.15, -0.1) is 0 Å². The van der Waals surface area contributed by atoms with Crippen LogP contribution in [0.15, 0.2) is 4.52 Å². The van der Waals surface area contributed by atoms with E-state index in [0.717, 1.165) is 12.2 Å². The Morgan fingerprint density at radius 1 is 1.50 bits per heavy atom. The van der Waals surface area contributed by atoms with Crippen molar-refractivity contribution in [3.8, 4) is 0 Å². The molecule has 4 nitrogen and oxygen atoms in total. The van der Waals surface area contributed by atoms with Crippen LogP contribution in [0.3, 0.4) is 0 Å². The lowest BCUT2D eigenvalue weighted by Crippen LogP contribution is -2.26. The van der Waals surface area contributed by atoms with Crippen molar-refractivity contribution >= 4 is 11.8 Å². The van der Waals surface area contributed by atoms with Gasteiger partial charge in [-0.25, -0.2) is 0 Å². The van der Waals surface area contributed by atoms with E-state index in [2.05, 4.69) is 30.9 Å². The van der Waals surface area contributed by atoms with Gasteiger partial charge in [0.2, 0.25) is 5.89 Å². The molecule has 2 unspecified atom stereocenters. The maximum Gasteiger partial charge on any atom is 0.244 e. The average molecular weight is 241 g/mol. The standard InChI is InChI=1S/C11H19N3OS/c1-11(2,3)8(12)10-13-9(14-15-10)7-5-4-6-16-7/h7-8H,4-6,12H2,1-3H3. The molecule has 0 radical (unpaired) electrons. The Hall–Kier alpha value is -0.550. The highest BCUT2D eigenvalue weighted by Gasteiger charge is 2.29. The second-order valence-electron chi connectivity index (χ2n) is 5.34. The molecule has 90 valence electrons. The number of thioether (sulfide) groups is 1. The third-order valence-electron chi connectivity index (χ3n) is 2.87. The van der Waals surface area contributed by atoms with Crippen LogP contribution >= 0.6 is 11.8 Å². The molecule has 0 amide bonds. The molecule has 1 aliphatic heterocycles. The molecule has 0 aromatic carbocycles. The topological polar surface area (TPSA) is 64.9 Å². The lowest BCUT2D eigenvalue weighted by atomic mass is 9.87. The van der Waals surface area contributed by atoms with E-state index in [9.17, 15) is 0 Å². The highest BCUT2D eigenvalue weighted by Crippen LogP contribution is 2.39. The van der Waals surface area contributed by atoms with Crippen LogP contribution in [0.4, 0.5) is 0 Å². The zero-order chi connectivity index (χ0) is 11.8. The molecule has 16 heavy (non-hydrogen) atoms. The molecule has 1 saturated heterocycles. The minimum Gasteiger partial charge on any atom is -0.338 e. The van der Waals surface area contributed by atoms with E-state index in [1.165, 1.54) is 12.2 Å². The minimum absolute atomic E-state index is 0.0490. The lowest BCUT2D eigenvalue weighted by Gasteiger charge is -2.23. The molecule has 1 fully saturated rings. The first kappa shape index (κ1) is 11.9. The van der Waals surface area contributed by atoms with Crippen LogP contribution in [0, 0.1) is 5.41 Å². The molecule has 2 atom stereocenters. The molecule has 5 heteroatoms. The summed E-state index contributed by atoms with van der Waals surface area (Å²) in [5, 5.41) is 4.45. The fourth-order valence-electron chi connectivity index (χ4n) is 1.66. The molecule has 0 saturated carbocycles. The van der Waals surface area contributed by atoms with Crippen LogP contribution in [-0.2, 0) is 0 Å². The van der Waals surface area contributed by atoms with E-state index in [-0.39, 0.29) is 11.5 Å². The van der Waals surface area contributed by atoms with E-state index in [1.54, 1.807) is 0 Å². The summed E-state index contributed by atoms with van der Waals surface area (Å²) in [6.45, 7) is 6.23.